The molecule has 0 spiro atoms. The Morgan fingerprint density at radius 3 is 2.07 bits per heavy atom. The van der Waals surface area contributed by atoms with Gasteiger partial charge in [-0.2, -0.15) is 0 Å². The van der Waals surface area contributed by atoms with Gasteiger partial charge in [0.1, 0.15) is 0 Å². The summed E-state index contributed by atoms with van der Waals surface area (Å²) in [6.45, 7) is 1.12. The minimum absolute atomic E-state index is 0. The standard InChI is InChI=1S/C27H31NO.ClH/c1-28(2)18-17-23-13-14-25-19-24(15-16-26(25)27(23)29-3)22-11-9-21(10-12-22)20-7-5-4-6-8-20;/h4-12,15-16,19,23,27H,13-14,17-18H2,1-3H3;1H. The second kappa shape index (κ2) is 10.3. The number of hydrogen-bond donors (Lipinski definition) is 0. The maximum atomic E-state index is 5.95. The largest absolute Gasteiger partial charge is 0.376 e. The Balaban J connectivity index is 0.00000256. The van der Waals surface area contributed by atoms with E-state index in [1.165, 1.54) is 46.2 Å². The molecule has 0 aromatic heterocycles. The van der Waals surface area contributed by atoms with Crippen LogP contribution in [0.3, 0.4) is 0 Å². The zero-order valence-corrected chi connectivity index (χ0v) is 19.0. The monoisotopic (exact) mass is 421 g/mol. The third-order valence-electron chi connectivity index (χ3n) is 6.19. The van der Waals surface area contributed by atoms with E-state index in [-0.39, 0.29) is 18.5 Å². The summed E-state index contributed by atoms with van der Waals surface area (Å²) < 4.78 is 5.95. The topological polar surface area (TPSA) is 12.5 Å². The minimum Gasteiger partial charge on any atom is -0.376 e. The van der Waals surface area contributed by atoms with Crippen molar-refractivity contribution in [3.05, 3.63) is 83.9 Å². The van der Waals surface area contributed by atoms with Gasteiger partial charge in [-0.1, -0.05) is 72.8 Å². The molecule has 1 aliphatic carbocycles. The molecule has 0 amide bonds. The van der Waals surface area contributed by atoms with Crippen LogP contribution in [0.1, 0.15) is 30.1 Å². The van der Waals surface area contributed by atoms with Crippen molar-refractivity contribution in [2.75, 3.05) is 27.7 Å². The SMILES string of the molecule is COC1c2ccc(-c3ccc(-c4ccccc4)cc3)cc2CCC1CCN(C)C.Cl. The first-order valence-electron chi connectivity index (χ1n) is 10.6. The molecule has 2 unspecified atom stereocenters. The van der Waals surface area contributed by atoms with E-state index in [1.54, 1.807) is 0 Å². The van der Waals surface area contributed by atoms with Crippen LogP contribution in [0, 0.1) is 5.92 Å². The predicted octanol–water partition coefficient (Wildman–Crippen LogP) is 6.64. The first-order valence-corrected chi connectivity index (χ1v) is 10.6. The third-order valence-corrected chi connectivity index (χ3v) is 6.19. The van der Waals surface area contributed by atoms with E-state index >= 15 is 0 Å². The fraction of sp³-hybridized carbons (Fsp3) is 0.333. The highest BCUT2D eigenvalue weighted by molar-refractivity contribution is 5.85. The van der Waals surface area contributed by atoms with Crippen molar-refractivity contribution in [3.8, 4) is 22.3 Å². The van der Waals surface area contributed by atoms with Crippen LogP contribution in [-0.2, 0) is 11.2 Å². The molecule has 0 fully saturated rings. The average molecular weight is 422 g/mol. The molecule has 0 saturated heterocycles. The van der Waals surface area contributed by atoms with Gasteiger partial charge in [0, 0.05) is 7.11 Å². The van der Waals surface area contributed by atoms with Gasteiger partial charge in [0.25, 0.3) is 0 Å². The Kier molecular flexibility index (Phi) is 7.71. The highest BCUT2D eigenvalue weighted by Gasteiger charge is 2.29. The third kappa shape index (κ3) is 4.95. The molecule has 30 heavy (non-hydrogen) atoms. The molecule has 4 rings (SSSR count). The Labute approximate surface area is 187 Å². The van der Waals surface area contributed by atoms with Crippen LogP contribution < -0.4 is 0 Å². The normalized spacial score (nSPS) is 18.0. The van der Waals surface area contributed by atoms with Crippen molar-refractivity contribution in [2.24, 2.45) is 5.92 Å². The van der Waals surface area contributed by atoms with Crippen molar-refractivity contribution < 1.29 is 4.74 Å². The molecule has 0 N–H and O–H groups in total. The first-order chi connectivity index (χ1) is 14.2. The van der Waals surface area contributed by atoms with Gasteiger partial charge in [-0.05, 0) is 79.2 Å². The second-order valence-corrected chi connectivity index (χ2v) is 8.40. The van der Waals surface area contributed by atoms with E-state index < -0.39 is 0 Å². The highest BCUT2D eigenvalue weighted by Crippen LogP contribution is 2.40. The van der Waals surface area contributed by atoms with Gasteiger partial charge in [0.15, 0.2) is 0 Å². The summed E-state index contributed by atoms with van der Waals surface area (Å²) in [5, 5.41) is 0. The summed E-state index contributed by atoms with van der Waals surface area (Å²) in [5.41, 5.74) is 7.92. The van der Waals surface area contributed by atoms with Gasteiger partial charge in [-0.15, -0.1) is 12.4 Å². The van der Waals surface area contributed by atoms with Gasteiger partial charge >= 0.3 is 0 Å². The summed E-state index contributed by atoms with van der Waals surface area (Å²) in [4.78, 5) is 2.27. The van der Waals surface area contributed by atoms with Crippen molar-refractivity contribution in [1.82, 2.24) is 4.90 Å². The van der Waals surface area contributed by atoms with Gasteiger partial charge in [0.2, 0.25) is 0 Å². The van der Waals surface area contributed by atoms with Crippen LogP contribution in [0.5, 0.6) is 0 Å². The van der Waals surface area contributed by atoms with Crippen molar-refractivity contribution in [1.29, 1.82) is 0 Å². The summed E-state index contributed by atoms with van der Waals surface area (Å²) in [6.07, 6.45) is 3.75. The summed E-state index contributed by atoms with van der Waals surface area (Å²) >= 11 is 0. The number of nitrogens with zero attached hydrogens (tertiary/aromatic N) is 1. The highest BCUT2D eigenvalue weighted by atomic mass is 35.5. The van der Waals surface area contributed by atoms with E-state index in [4.69, 9.17) is 4.74 Å². The number of rotatable bonds is 6. The fourth-order valence-corrected chi connectivity index (χ4v) is 4.55. The molecular formula is C27H32ClNO. The lowest BCUT2D eigenvalue weighted by Crippen LogP contribution is -2.26. The maximum Gasteiger partial charge on any atom is 0.0852 e. The second-order valence-electron chi connectivity index (χ2n) is 8.40. The number of benzene rings is 3. The van der Waals surface area contributed by atoms with Crippen molar-refractivity contribution >= 4 is 12.4 Å². The van der Waals surface area contributed by atoms with Crippen molar-refractivity contribution in [3.63, 3.8) is 0 Å². The van der Waals surface area contributed by atoms with Gasteiger partial charge in [-0.25, -0.2) is 0 Å². The number of aryl methyl sites for hydroxylation is 1. The van der Waals surface area contributed by atoms with E-state index in [0.717, 1.165) is 13.0 Å². The number of fused-ring (bicyclic) bond motifs is 1. The molecule has 2 nitrogen and oxygen atoms in total. The lowest BCUT2D eigenvalue weighted by molar-refractivity contribution is 0.0343. The molecule has 0 saturated carbocycles. The van der Waals surface area contributed by atoms with Gasteiger partial charge in [-0.3, -0.25) is 0 Å². The van der Waals surface area contributed by atoms with E-state index in [0.29, 0.717) is 5.92 Å². The molecule has 3 heteroatoms. The molecular weight excluding hydrogens is 390 g/mol. The van der Waals surface area contributed by atoms with Gasteiger partial charge in [0.05, 0.1) is 6.10 Å². The first kappa shape index (κ1) is 22.6. The lowest BCUT2D eigenvalue weighted by atomic mass is 9.78. The predicted molar refractivity (Wildman–Crippen MR) is 129 cm³/mol. The molecule has 0 radical (unpaired) electrons. The summed E-state index contributed by atoms with van der Waals surface area (Å²) in [5.74, 6) is 0.603. The number of hydrogen-bond acceptors (Lipinski definition) is 2. The van der Waals surface area contributed by atoms with Crippen LogP contribution in [0.2, 0.25) is 0 Å². The summed E-state index contributed by atoms with van der Waals surface area (Å²) in [6, 6.07) is 26.4. The van der Waals surface area contributed by atoms with Crippen molar-refractivity contribution in [2.45, 2.75) is 25.4 Å². The fourth-order valence-electron chi connectivity index (χ4n) is 4.55. The molecule has 0 bridgehead atoms. The maximum absolute atomic E-state index is 5.95. The lowest BCUT2D eigenvalue weighted by Gasteiger charge is -2.33. The van der Waals surface area contributed by atoms with Gasteiger partial charge < -0.3 is 9.64 Å². The Morgan fingerprint density at radius 1 is 0.833 bits per heavy atom. The molecule has 158 valence electrons. The minimum atomic E-state index is 0. The molecule has 2 atom stereocenters. The summed E-state index contributed by atoms with van der Waals surface area (Å²) in [7, 11) is 6.15. The zero-order valence-electron chi connectivity index (χ0n) is 18.2. The van der Waals surface area contributed by atoms with E-state index in [2.05, 4.69) is 91.8 Å². The Bertz CT molecular complexity index is 937. The Hall–Kier alpha value is -2.13. The quantitative estimate of drug-likeness (QED) is 0.442. The smallest absolute Gasteiger partial charge is 0.0852 e. The molecule has 3 aromatic rings. The number of methoxy groups -OCH3 is 1. The van der Waals surface area contributed by atoms with Crippen LogP contribution in [-0.4, -0.2) is 32.6 Å². The van der Waals surface area contributed by atoms with E-state index in [9.17, 15) is 0 Å². The van der Waals surface area contributed by atoms with Crippen LogP contribution in [0.25, 0.3) is 22.3 Å². The average Bonchev–Trinajstić information content (AvgIpc) is 2.77. The molecule has 3 aromatic carbocycles. The Morgan fingerprint density at radius 2 is 1.43 bits per heavy atom. The van der Waals surface area contributed by atoms with Crippen LogP contribution >= 0.6 is 12.4 Å². The van der Waals surface area contributed by atoms with E-state index in [1.807, 2.05) is 7.11 Å². The number of halogens is 1. The molecule has 0 aliphatic heterocycles. The van der Waals surface area contributed by atoms with Crippen LogP contribution in [0.15, 0.2) is 72.8 Å². The zero-order chi connectivity index (χ0) is 20.2. The molecule has 1 aliphatic rings. The van der Waals surface area contributed by atoms with Crippen LogP contribution in [0.4, 0.5) is 0 Å². The molecule has 0 heterocycles. The number of ether oxygens (including phenoxy) is 1.